The highest BCUT2D eigenvalue weighted by Crippen LogP contribution is 2.16. The largest absolute Gasteiger partial charge is 0.466 e. The predicted molar refractivity (Wildman–Crippen MR) is 89.8 cm³/mol. The molecule has 0 fully saturated rings. The molecule has 1 N–H and O–H groups in total. The van der Waals surface area contributed by atoms with E-state index in [2.05, 4.69) is 15.5 Å². The van der Waals surface area contributed by atoms with Crippen LogP contribution in [0.2, 0.25) is 0 Å². The number of carbonyl (C=O) groups is 1. The molecule has 0 radical (unpaired) electrons. The number of rotatable bonds is 8. The smallest absolute Gasteiger partial charge is 0.311 e. The minimum Gasteiger partial charge on any atom is -0.466 e. The van der Waals surface area contributed by atoms with Crippen LogP contribution in [0.15, 0.2) is 34.7 Å². The lowest BCUT2D eigenvalue weighted by atomic mass is 10.1. The number of hydrazone groups is 1. The van der Waals surface area contributed by atoms with E-state index in [1.165, 1.54) is 17.6 Å². The van der Waals surface area contributed by atoms with Gasteiger partial charge in [0.2, 0.25) is 11.6 Å². The average molecular weight is 353 g/mol. The first-order chi connectivity index (χ1) is 11.6. The highest BCUT2D eigenvalue weighted by atomic mass is 32.1. The molecule has 0 aliphatic carbocycles. The SMILES string of the molecule is CCOC(=O)Cc1csc(NN=Cc2ccccc2CC(F)F)n1. The van der Waals surface area contributed by atoms with Gasteiger partial charge in [0, 0.05) is 11.8 Å². The van der Waals surface area contributed by atoms with Crippen molar-refractivity contribution in [1.29, 1.82) is 0 Å². The molecule has 24 heavy (non-hydrogen) atoms. The van der Waals surface area contributed by atoms with E-state index in [0.29, 0.717) is 28.6 Å². The van der Waals surface area contributed by atoms with Crippen LogP contribution in [0.5, 0.6) is 0 Å². The highest BCUT2D eigenvalue weighted by molar-refractivity contribution is 7.13. The molecule has 0 bridgehead atoms. The fraction of sp³-hybridized carbons (Fsp3) is 0.312. The van der Waals surface area contributed by atoms with Crippen molar-refractivity contribution in [2.75, 3.05) is 12.0 Å². The van der Waals surface area contributed by atoms with Crippen LogP contribution in [0.4, 0.5) is 13.9 Å². The molecule has 0 atom stereocenters. The number of halogens is 2. The second-order valence-electron chi connectivity index (χ2n) is 4.79. The molecular weight excluding hydrogens is 336 g/mol. The Hall–Kier alpha value is -2.35. The van der Waals surface area contributed by atoms with Gasteiger partial charge >= 0.3 is 5.97 Å². The molecule has 128 valence electrons. The van der Waals surface area contributed by atoms with Gasteiger partial charge in [-0.2, -0.15) is 5.10 Å². The van der Waals surface area contributed by atoms with E-state index < -0.39 is 6.43 Å². The number of benzene rings is 1. The van der Waals surface area contributed by atoms with Crippen LogP contribution < -0.4 is 5.43 Å². The van der Waals surface area contributed by atoms with Crippen molar-refractivity contribution in [2.45, 2.75) is 26.2 Å². The zero-order chi connectivity index (χ0) is 17.4. The summed E-state index contributed by atoms with van der Waals surface area (Å²) in [5, 5.41) is 6.27. The molecule has 0 amide bonds. The summed E-state index contributed by atoms with van der Waals surface area (Å²) in [6.07, 6.45) is -1.14. The first-order valence-electron chi connectivity index (χ1n) is 7.33. The van der Waals surface area contributed by atoms with Crippen LogP contribution in [0.25, 0.3) is 0 Å². The fourth-order valence-corrected chi connectivity index (χ4v) is 2.63. The first kappa shape index (κ1) is 18.0. The Morgan fingerprint density at radius 1 is 1.46 bits per heavy atom. The van der Waals surface area contributed by atoms with E-state index in [1.807, 2.05) is 0 Å². The summed E-state index contributed by atoms with van der Waals surface area (Å²) in [6, 6.07) is 6.84. The van der Waals surface area contributed by atoms with Gasteiger partial charge in [0.15, 0.2) is 0 Å². The van der Waals surface area contributed by atoms with Crippen molar-refractivity contribution >= 4 is 28.7 Å². The highest BCUT2D eigenvalue weighted by Gasteiger charge is 2.09. The van der Waals surface area contributed by atoms with E-state index in [-0.39, 0.29) is 18.8 Å². The summed E-state index contributed by atoms with van der Waals surface area (Å²) < 4.78 is 29.9. The van der Waals surface area contributed by atoms with Crippen molar-refractivity contribution in [3.8, 4) is 0 Å². The van der Waals surface area contributed by atoms with Crippen LogP contribution in [-0.2, 0) is 22.4 Å². The summed E-state index contributed by atoms with van der Waals surface area (Å²) in [5.41, 5.74) is 4.48. The van der Waals surface area contributed by atoms with Gasteiger partial charge in [-0.15, -0.1) is 11.3 Å². The molecule has 1 heterocycles. The zero-order valence-corrected chi connectivity index (χ0v) is 13.9. The maximum atomic E-state index is 12.5. The number of nitrogens with zero attached hydrogens (tertiary/aromatic N) is 2. The molecule has 8 heteroatoms. The first-order valence-corrected chi connectivity index (χ1v) is 8.21. The molecular formula is C16H17F2N3O2S. The van der Waals surface area contributed by atoms with Gasteiger partial charge < -0.3 is 4.74 Å². The molecule has 0 unspecified atom stereocenters. The van der Waals surface area contributed by atoms with Crippen molar-refractivity contribution < 1.29 is 18.3 Å². The van der Waals surface area contributed by atoms with E-state index in [9.17, 15) is 13.6 Å². The minimum atomic E-state index is -2.41. The lowest BCUT2D eigenvalue weighted by Gasteiger charge is -2.04. The maximum Gasteiger partial charge on any atom is 0.311 e. The van der Waals surface area contributed by atoms with Gasteiger partial charge in [0.1, 0.15) is 0 Å². The standard InChI is InChI=1S/C16H17F2N3O2S/c1-2-23-15(22)8-13-10-24-16(20-13)21-19-9-12-6-4-3-5-11(12)7-14(17)18/h3-6,9-10,14H,2,7-8H2,1H3,(H,20,21). The summed E-state index contributed by atoms with van der Waals surface area (Å²) in [5.74, 6) is -0.334. The second kappa shape index (κ2) is 9.07. The predicted octanol–water partition coefficient (Wildman–Crippen LogP) is 3.50. The Labute approximate surface area is 142 Å². The lowest BCUT2D eigenvalue weighted by molar-refractivity contribution is -0.142. The number of alkyl halides is 2. The Balaban J connectivity index is 1.95. The summed E-state index contributed by atoms with van der Waals surface area (Å²) in [6.45, 7) is 2.07. The topological polar surface area (TPSA) is 63.6 Å². The number of nitrogens with one attached hydrogen (secondary N) is 1. The van der Waals surface area contributed by atoms with E-state index >= 15 is 0 Å². The van der Waals surface area contributed by atoms with E-state index in [0.717, 1.165) is 0 Å². The average Bonchev–Trinajstić information content (AvgIpc) is 2.96. The van der Waals surface area contributed by atoms with Gasteiger partial charge in [-0.25, -0.2) is 13.8 Å². The number of ether oxygens (including phenoxy) is 1. The van der Waals surface area contributed by atoms with Crippen LogP contribution in [0, 0.1) is 0 Å². The van der Waals surface area contributed by atoms with E-state index in [1.54, 1.807) is 36.6 Å². The second-order valence-corrected chi connectivity index (χ2v) is 5.65. The van der Waals surface area contributed by atoms with Crippen LogP contribution in [0.3, 0.4) is 0 Å². The number of hydrogen-bond acceptors (Lipinski definition) is 6. The molecule has 2 aromatic rings. The normalized spacial score (nSPS) is 11.2. The Kier molecular flexibility index (Phi) is 6.80. The Morgan fingerprint density at radius 3 is 3.00 bits per heavy atom. The van der Waals surface area contributed by atoms with Gasteiger partial charge in [-0.05, 0) is 18.1 Å². The number of esters is 1. The van der Waals surface area contributed by atoms with Crippen molar-refractivity contribution in [2.24, 2.45) is 5.10 Å². The summed E-state index contributed by atoms with van der Waals surface area (Å²) in [7, 11) is 0. The molecule has 0 aliphatic rings. The molecule has 0 spiro atoms. The van der Waals surface area contributed by atoms with E-state index in [4.69, 9.17) is 4.74 Å². The number of thiazole rings is 1. The number of carbonyl (C=O) groups excluding carboxylic acids is 1. The van der Waals surface area contributed by atoms with Gasteiger partial charge in [-0.3, -0.25) is 10.2 Å². The van der Waals surface area contributed by atoms with Crippen molar-refractivity contribution in [1.82, 2.24) is 4.98 Å². The zero-order valence-electron chi connectivity index (χ0n) is 13.0. The molecule has 0 saturated carbocycles. The van der Waals surface area contributed by atoms with Crippen LogP contribution in [-0.4, -0.2) is 30.2 Å². The maximum absolute atomic E-state index is 12.5. The van der Waals surface area contributed by atoms with Gasteiger partial charge in [-0.1, -0.05) is 24.3 Å². The summed E-state index contributed by atoms with van der Waals surface area (Å²) >= 11 is 1.30. The quantitative estimate of drug-likeness (QED) is 0.448. The third-order valence-corrected chi connectivity index (χ3v) is 3.77. The number of aromatic nitrogens is 1. The molecule has 1 aromatic carbocycles. The van der Waals surface area contributed by atoms with Crippen LogP contribution >= 0.6 is 11.3 Å². The van der Waals surface area contributed by atoms with Crippen molar-refractivity contribution in [3.05, 3.63) is 46.5 Å². The number of hydrogen-bond donors (Lipinski definition) is 1. The molecule has 5 nitrogen and oxygen atoms in total. The molecule has 2 rings (SSSR count). The van der Waals surface area contributed by atoms with Gasteiger partial charge in [0.25, 0.3) is 0 Å². The molecule has 0 saturated heterocycles. The lowest BCUT2D eigenvalue weighted by Crippen LogP contribution is -2.07. The van der Waals surface area contributed by atoms with Crippen LogP contribution in [0.1, 0.15) is 23.7 Å². The van der Waals surface area contributed by atoms with Crippen molar-refractivity contribution in [3.63, 3.8) is 0 Å². The molecule has 0 aliphatic heterocycles. The fourth-order valence-electron chi connectivity index (χ4n) is 1.97. The summed E-state index contributed by atoms with van der Waals surface area (Å²) in [4.78, 5) is 15.6. The number of anilines is 1. The molecule has 1 aromatic heterocycles. The minimum absolute atomic E-state index is 0.104. The Bertz CT molecular complexity index is 704. The Morgan fingerprint density at radius 2 is 2.25 bits per heavy atom. The third-order valence-electron chi connectivity index (χ3n) is 2.98. The van der Waals surface area contributed by atoms with Gasteiger partial charge in [0.05, 0.1) is 24.9 Å². The monoisotopic (exact) mass is 353 g/mol. The third kappa shape index (κ3) is 5.69.